The van der Waals surface area contributed by atoms with Crippen molar-refractivity contribution in [1.29, 1.82) is 0 Å². The van der Waals surface area contributed by atoms with Crippen LogP contribution < -0.4 is 10.1 Å². The van der Waals surface area contributed by atoms with Gasteiger partial charge in [0.05, 0.1) is 7.11 Å². The number of fused-ring (bicyclic) bond motifs is 1. The fourth-order valence-corrected chi connectivity index (χ4v) is 2.24. The number of methoxy groups -OCH3 is 1. The quantitative estimate of drug-likeness (QED) is 0.879. The van der Waals surface area contributed by atoms with Gasteiger partial charge in [0.2, 0.25) is 0 Å². The number of carboxylic acid groups (broad SMARTS) is 1. The lowest BCUT2D eigenvalue weighted by atomic mass is 10.2. The molecule has 1 atom stereocenters. The Morgan fingerprint density at radius 1 is 1.38 bits per heavy atom. The monoisotopic (exact) mass is 290 g/mol. The second kappa shape index (κ2) is 5.87. The predicted octanol–water partition coefficient (Wildman–Crippen LogP) is 1.78. The van der Waals surface area contributed by atoms with Gasteiger partial charge in [-0.05, 0) is 30.7 Å². The highest BCUT2D eigenvalue weighted by molar-refractivity contribution is 6.00. The third-order valence-corrected chi connectivity index (χ3v) is 3.49. The maximum absolute atomic E-state index is 12.2. The van der Waals surface area contributed by atoms with Crippen molar-refractivity contribution in [3.05, 3.63) is 30.0 Å². The minimum absolute atomic E-state index is 0.332. The normalized spacial score (nSPS) is 12.1. The molecular formula is C15H18N2O4. The number of aliphatic carboxylic acids is 1. The highest BCUT2D eigenvalue weighted by Gasteiger charge is 2.21. The van der Waals surface area contributed by atoms with Crippen molar-refractivity contribution in [3.8, 4) is 5.75 Å². The topological polar surface area (TPSA) is 80.6 Å². The highest BCUT2D eigenvalue weighted by Crippen LogP contribution is 2.23. The van der Waals surface area contributed by atoms with E-state index < -0.39 is 17.9 Å². The number of carboxylic acids is 1. The standard InChI is InChI=1S/C15H18N2O4/c1-4-11(15(19)20)16-14(18)13-8-9-7-10(21-3)5-6-12(9)17(13)2/h5-8,11H,4H2,1-3H3,(H,16,18)(H,19,20)/t11-/m0/s1. The highest BCUT2D eigenvalue weighted by atomic mass is 16.5. The lowest BCUT2D eigenvalue weighted by Gasteiger charge is -2.12. The fourth-order valence-electron chi connectivity index (χ4n) is 2.24. The first kappa shape index (κ1) is 14.9. The Kier molecular flexibility index (Phi) is 4.16. The molecule has 6 heteroatoms. The van der Waals surface area contributed by atoms with E-state index in [4.69, 9.17) is 9.84 Å². The molecule has 0 aliphatic heterocycles. The molecule has 1 aromatic heterocycles. The number of aryl methyl sites for hydroxylation is 1. The minimum Gasteiger partial charge on any atom is -0.497 e. The van der Waals surface area contributed by atoms with Crippen LogP contribution in [0.5, 0.6) is 5.75 Å². The Morgan fingerprint density at radius 2 is 2.10 bits per heavy atom. The third kappa shape index (κ3) is 2.84. The molecule has 1 heterocycles. The first-order valence-corrected chi connectivity index (χ1v) is 6.65. The molecule has 112 valence electrons. The van der Waals surface area contributed by atoms with Crippen molar-refractivity contribution >= 4 is 22.8 Å². The zero-order valence-electron chi connectivity index (χ0n) is 12.2. The molecule has 2 aromatic rings. The molecule has 2 rings (SSSR count). The summed E-state index contributed by atoms with van der Waals surface area (Å²) in [6, 6.07) is 6.35. The van der Waals surface area contributed by atoms with Crippen LogP contribution in [0.15, 0.2) is 24.3 Å². The van der Waals surface area contributed by atoms with E-state index in [9.17, 15) is 9.59 Å². The third-order valence-electron chi connectivity index (χ3n) is 3.49. The molecule has 0 radical (unpaired) electrons. The van der Waals surface area contributed by atoms with Crippen molar-refractivity contribution in [2.75, 3.05) is 7.11 Å². The molecule has 6 nitrogen and oxygen atoms in total. The predicted molar refractivity (Wildman–Crippen MR) is 78.7 cm³/mol. The summed E-state index contributed by atoms with van der Waals surface area (Å²) in [7, 11) is 3.35. The van der Waals surface area contributed by atoms with Crippen LogP contribution in [0.25, 0.3) is 10.9 Å². The van der Waals surface area contributed by atoms with Gasteiger partial charge in [-0.2, -0.15) is 0 Å². The van der Waals surface area contributed by atoms with E-state index in [0.717, 1.165) is 10.9 Å². The minimum atomic E-state index is -1.04. The van der Waals surface area contributed by atoms with Gasteiger partial charge in [-0.3, -0.25) is 4.79 Å². The molecule has 0 saturated heterocycles. The number of ether oxygens (including phenoxy) is 1. The van der Waals surface area contributed by atoms with E-state index in [2.05, 4.69) is 5.32 Å². The van der Waals surface area contributed by atoms with Gasteiger partial charge in [-0.1, -0.05) is 6.92 Å². The summed E-state index contributed by atoms with van der Waals surface area (Å²) in [6.45, 7) is 1.71. The Morgan fingerprint density at radius 3 is 2.67 bits per heavy atom. The second-order valence-corrected chi connectivity index (χ2v) is 4.79. The van der Waals surface area contributed by atoms with Gasteiger partial charge < -0.3 is 19.7 Å². The van der Waals surface area contributed by atoms with E-state index in [0.29, 0.717) is 17.9 Å². The van der Waals surface area contributed by atoms with Crippen molar-refractivity contribution < 1.29 is 19.4 Å². The van der Waals surface area contributed by atoms with Crippen molar-refractivity contribution in [3.63, 3.8) is 0 Å². The molecule has 1 aromatic carbocycles. The van der Waals surface area contributed by atoms with Gasteiger partial charge >= 0.3 is 5.97 Å². The van der Waals surface area contributed by atoms with Crippen LogP contribution in [-0.2, 0) is 11.8 Å². The molecular weight excluding hydrogens is 272 g/mol. The first-order valence-electron chi connectivity index (χ1n) is 6.65. The van der Waals surface area contributed by atoms with E-state index in [1.54, 1.807) is 31.7 Å². The molecule has 1 amide bonds. The van der Waals surface area contributed by atoms with E-state index >= 15 is 0 Å². The number of hydrogen-bond acceptors (Lipinski definition) is 3. The summed E-state index contributed by atoms with van der Waals surface area (Å²) in [5.74, 6) is -0.731. The van der Waals surface area contributed by atoms with Crippen molar-refractivity contribution in [1.82, 2.24) is 9.88 Å². The number of carbonyl (C=O) groups excluding carboxylic acids is 1. The number of hydrogen-bond donors (Lipinski definition) is 2. The molecule has 2 N–H and O–H groups in total. The Balaban J connectivity index is 2.35. The molecule has 0 aliphatic carbocycles. The maximum Gasteiger partial charge on any atom is 0.326 e. The summed E-state index contributed by atoms with van der Waals surface area (Å²) < 4.78 is 6.89. The number of rotatable bonds is 5. The van der Waals surface area contributed by atoms with Crippen LogP contribution in [0, 0.1) is 0 Å². The summed E-state index contributed by atoms with van der Waals surface area (Å²) in [5.41, 5.74) is 1.29. The Hall–Kier alpha value is -2.50. The van der Waals surface area contributed by atoms with E-state index in [1.807, 2.05) is 18.2 Å². The number of carbonyl (C=O) groups is 2. The first-order chi connectivity index (χ1) is 9.97. The van der Waals surface area contributed by atoms with Crippen LogP contribution >= 0.6 is 0 Å². The summed E-state index contributed by atoms with van der Waals surface area (Å²) >= 11 is 0. The SMILES string of the molecule is CC[C@H](NC(=O)c1cc2cc(OC)ccc2n1C)C(=O)O. The average molecular weight is 290 g/mol. The van der Waals surface area contributed by atoms with Crippen LogP contribution in [0.1, 0.15) is 23.8 Å². The number of amides is 1. The van der Waals surface area contributed by atoms with Gasteiger partial charge in [0.1, 0.15) is 17.5 Å². The van der Waals surface area contributed by atoms with Crippen LogP contribution in [0.4, 0.5) is 0 Å². The summed E-state index contributed by atoms with van der Waals surface area (Å²) in [4.78, 5) is 23.2. The van der Waals surface area contributed by atoms with Crippen molar-refractivity contribution in [2.45, 2.75) is 19.4 Å². The van der Waals surface area contributed by atoms with Gasteiger partial charge in [0.15, 0.2) is 0 Å². The molecule has 0 bridgehead atoms. The lowest BCUT2D eigenvalue weighted by molar-refractivity contribution is -0.139. The van der Waals surface area contributed by atoms with E-state index in [1.165, 1.54) is 0 Å². The molecule has 0 fully saturated rings. The molecule has 0 aliphatic rings. The van der Waals surface area contributed by atoms with Crippen molar-refractivity contribution in [2.24, 2.45) is 7.05 Å². The fraction of sp³-hybridized carbons (Fsp3) is 0.333. The van der Waals surface area contributed by atoms with Crippen LogP contribution in [-0.4, -0.2) is 34.7 Å². The second-order valence-electron chi connectivity index (χ2n) is 4.79. The number of nitrogens with zero attached hydrogens (tertiary/aromatic N) is 1. The molecule has 21 heavy (non-hydrogen) atoms. The Labute approximate surface area is 122 Å². The molecule has 0 saturated carbocycles. The lowest BCUT2D eigenvalue weighted by Crippen LogP contribution is -2.40. The molecule has 0 spiro atoms. The number of nitrogens with one attached hydrogen (secondary N) is 1. The van der Waals surface area contributed by atoms with Gasteiger partial charge in [-0.15, -0.1) is 0 Å². The zero-order valence-corrected chi connectivity index (χ0v) is 12.2. The van der Waals surface area contributed by atoms with Crippen LogP contribution in [0.2, 0.25) is 0 Å². The number of benzene rings is 1. The summed E-state index contributed by atoms with van der Waals surface area (Å²) in [6.07, 6.45) is 0.332. The van der Waals surface area contributed by atoms with Gasteiger partial charge in [0.25, 0.3) is 5.91 Å². The largest absolute Gasteiger partial charge is 0.497 e. The average Bonchev–Trinajstić information content (AvgIpc) is 2.80. The molecule has 0 unspecified atom stereocenters. The van der Waals surface area contributed by atoms with Gasteiger partial charge in [0, 0.05) is 18.0 Å². The van der Waals surface area contributed by atoms with Crippen LogP contribution in [0.3, 0.4) is 0 Å². The zero-order chi connectivity index (χ0) is 15.6. The summed E-state index contributed by atoms with van der Waals surface area (Å²) in [5, 5.41) is 12.4. The maximum atomic E-state index is 12.2. The van der Waals surface area contributed by atoms with E-state index in [-0.39, 0.29) is 0 Å². The Bertz CT molecular complexity index is 690. The smallest absolute Gasteiger partial charge is 0.326 e. The number of aromatic nitrogens is 1. The van der Waals surface area contributed by atoms with Gasteiger partial charge in [-0.25, -0.2) is 4.79 Å².